The lowest BCUT2D eigenvalue weighted by atomic mass is 10.2. The van der Waals surface area contributed by atoms with Crippen molar-refractivity contribution in [2.75, 3.05) is 7.05 Å². The third-order valence-electron chi connectivity index (χ3n) is 2.85. The topological polar surface area (TPSA) is 57.6 Å². The van der Waals surface area contributed by atoms with Crippen LogP contribution in [0.3, 0.4) is 0 Å². The zero-order chi connectivity index (χ0) is 14.8. The first-order valence-electron chi connectivity index (χ1n) is 5.83. The Labute approximate surface area is 121 Å². The number of aliphatic hydroxyl groups excluding tert-OH is 1. The number of halogens is 1. The first-order valence-corrected chi connectivity index (χ1v) is 8.15. The normalized spacial score (nSPS) is 12.0. The average molecular weight is 315 g/mol. The Morgan fingerprint density at radius 3 is 2.70 bits per heavy atom. The summed E-state index contributed by atoms with van der Waals surface area (Å²) in [4.78, 5) is 0.692. The number of rotatable bonds is 5. The van der Waals surface area contributed by atoms with Crippen molar-refractivity contribution in [1.29, 1.82) is 0 Å². The highest BCUT2D eigenvalue weighted by molar-refractivity contribution is 7.89. The largest absolute Gasteiger partial charge is 0.392 e. The molecule has 0 saturated heterocycles. The van der Waals surface area contributed by atoms with Crippen molar-refractivity contribution < 1.29 is 17.9 Å². The summed E-state index contributed by atoms with van der Waals surface area (Å²) in [5.74, 6) is -0.648. The Morgan fingerprint density at radius 2 is 2.10 bits per heavy atom. The van der Waals surface area contributed by atoms with E-state index in [9.17, 15) is 17.9 Å². The summed E-state index contributed by atoms with van der Waals surface area (Å²) in [6.07, 6.45) is 0. The minimum absolute atomic E-state index is 0.185. The Bertz CT molecular complexity index is 684. The number of benzene rings is 1. The van der Waals surface area contributed by atoms with Crippen LogP contribution in [0.2, 0.25) is 0 Å². The van der Waals surface area contributed by atoms with Crippen LogP contribution in [0.4, 0.5) is 4.39 Å². The van der Waals surface area contributed by atoms with Crippen molar-refractivity contribution in [3.8, 4) is 0 Å². The fraction of sp³-hybridized carbons (Fsp3) is 0.231. The van der Waals surface area contributed by atoms with Gasteiger partial charge in [-0.05, 0) is 29.1 Å². The maximum absolute atomic E-state index is 13.3. The molecule has 1 aromatic heterocycles. The minimum Gasteiger partial charge on any atom is -0.392 e. The van der Waals surface area contributed by atoms with E-state index in [1.807, 2.05) is 17.5 Å². The van der Waals surface area contributed by atoms with Crippen LogP contribution in [0.5, 0.6) is 0 Å². The number of thiophene rings is 1. The van der Waals surface area contributed by atoms with Gasteiger partial charge in [-0.2, -0.15) is 4.31 Å². The van der Waals surface area contributed by atoms with Crippen LogP contribution in [-0.4, -0.2) is 24.9 Å². The fourth-order valence-electron chi connectivity index (χ4n) is 1.77. The zero-order valence-corrected chi connectivity index (χ0v) is 12.4. The van der Waals surface area contributed by atoms with Crippen molar-refractivity contribution in [2.45, 2.75) is 18.0 Å². The van der Waals surface area contributed by atoms with Crippen LogP contribution in [-0.2, 0) is 23.2 Å². The van der Waals surface area contributed by atoms with Crippen molar-refractivity contribution in [1.82, 2.24) is 4.31 Å². The Morgan fingerprint density at radius 1 is 1.35 bits per heavy atom. The number of aliphatic hydroxyl groups is 1. The monoisotopic (exact) mass is 315 g/mol. The lowest BCUT2D eigenvalue weighted by Gasteiger charge is -2.18. The van der Waals surface area contributed by atoms with E-state index in [-0.39, 0.29) is 17.0 Å². The maximum Gasteiger partial charge on any atom is 0.243 e. The van der Waals surface area contributed by atoms with Gasteiger partial charge in [0.15, 0.2) is 0 Å². The number of sulfonamides is 1. The summed E-state index contributed by atoms with van der Waals surface area (Å²) in [5.41, 5.74) is 0.185. The van der Waals surface area contributed by atoms with Gasteiger partial charge in [0, 0.05) is 18.5 Å². The second kappa shape index (κ2) is 6.01. The molecule has 108 valence electrons. The molecule has 20 heavy (non-hydrogen) atoms. The molecule has 0 saturated carbocycles. The van der Waals surface area contributed by atoms with Crippen molar-refractivity contribution in [3.05, 3.63) is 52.0 Å². The van der Waals surface area contributed by atoms with E-state index in [0.717, 1.165) is 21.3 Å². The van der Waals surface area contributed by atoms with E-state index in [1.165, 1.54) is 24.5 Å². The van der Waals surface area contributed by atoms with Gasteiger partial charge in [0.1, 0.15) is 5.82 Å². The highest BCUT2D eigenvalue weighted by Crippen LogP contribution is 2.23. The summed E-state index contributed by atoms with van der Waals surface area (Å²) in [6, 6.07) is 7.01. The van der Waals surface area contributed by atoms with Crippen LogP contribution in [0.1, 0.15) is 10.4 Å². The predicted octanol–water partition coefficient (Wildman–Crippen LogP) is 2.20. The van der Waals surface area contributed by atoms with Crippen LogP contribution in [0.15, 0.2) is 40.6 Å². The third-order valence-corrected chi connectivity index (χ3v) is 5.59. The first kappa shape index (κ1) is 15.1. The molecule has 1 heterocycles. The van der Waals surface area contributed by atoms with Crippen LogP contribution < -0.4 is 0 Å². The molecular weight excluding hydrogens is 301 g/mol. The van der Waals surface area contributed by atoms with Gasteiger partial charge in [0.05, 0.1) is 11.5 Å². The van der Waals surface area contributed by atoms with E-state index < -0.39 is 22.4 Å². The van der Waals surface area contributed by atoms with Crippen LogP contribution in [0, 0.1) is 5.82 Å². The quantitative estimate of drug-likeness (QED) is 0.920. The molecule has 1 aromatic carbocycles. The van der Waals surface area contributed by atoms with Gasteiger partial charge in [0.2, 0.25) is 10.0 Å². The molecule has 0 fully saturated rings. The molecule has 0 aliphatic rings. The van der Waals surface area contributed by atoms with Gasteiger partial charge in [-0.1, -0.05) is 12.1 Å². The Hall–Kier alpha value is -1.28. The van der Waals surface area contributed by atoms with Gasteiger partial charge in [-0.3, -0.25) is 0 Å². The molecule has 0 aliphatic carbocycles. The number of nitrogens with zero attached hydrogens (tertiary/aromatic N) is 1. The van der Waals surface area contributed by atoms with E-state index in [0.29, 0.717) is 0 Å². The van der Waals surface area contributed by atoms with Gasteiger partial charge in [-0.25, -0.2) is 12.8 Å². The van der Waals surface area contributed by atoms with Gasteiger partial charge < -0.3 is 5.11 Å². The molecule has 0 aliphatic heterocycles. The highest BCUT2D eigenvalue weighted by Gasteiger charge is 2.24. The fourth-order valence-corrected chi connectivity index (χ4v) is 3.98. The lowest BCUT2D eigenvalue weighted by Crippen LogP contribution is -2.27. The summed E-state index contributed by atoms with van der Waals surface area (Å²) in [5, 5.41) is 11.1. The van der Waals surface area contributed by atoms with Crippen LogP contribution in [0.25, 0.3) is 0 Å². The summed E-state index contributed by atoms with van der Waals surface area (Å²) in [7, 11) is -2.41. The molecule has 0 atom stereocenters. The molecule has 2 aromatic rings. The highest BCUT2D eigenvalue weighted by atomic mass is 32.2. The lowest BCUT2D eigenvalue weighted by molar-refractivity contribution is 0.278. The minimum atomic E-state index is -3.84. The SMILES string of the molecule is CN(Cc1cccs1)S(=O)(=O)c1cc(F)ccc1CO. The molecule has 0 spiro atoms. The van der Waals surface area contributed by atoms with Crippen molar-refractivity contribution in [3.63, 3.8) is 0 Å². The summed E-state index contributed by atoms with van der Waals surface area (Å²) < 4.78 is 39.3. The molecule has 2 rings (SSSR count). The molecule has 0 amide bonds. The second-order valence-electron chi connectivity index (χ2n) is 4.25. The molecule has 1 N–H and O–H groups in total. The predicted molar refractivity (Wildman–Crippen MR) is 75.3 cm³/mol. The van der Waals surface area contributed by atoms with E-state index >= 15 is 0 Å². The van der Waals surface area contributed by atoms with Gasteiger partial charge in [-0.15, -0.1) is 11.3 Å². The maximum atomic E-state index is 13.3. The molecule has 0 bridgehead atoms. The molecular formula is C13H14FNO3S2. The van der Waals surface area contributed by atoms with Gasteiger partial charge >= 0.3 is 0 Å². The van der Waals surface area contributed by atoms with Crippen LogP contribution >= 0.6 is 11.3 Å². The molecule has 7 heteroatoms. The molecule has 0 radical (unpaired) electrons. The smallest absolute Gasteiger partial charge is 0.243 e. The summed E-state index contributed by atoms with van der Waals surface area (Å²) in [6.45, 7) is -0.247. The second-order valence-corrected chi connectivity index (χ2v) is 7.30. The zero-order valence-electron chi connectivity index (χ0n) is 10.8. The number of hydrogen-bond acceptors (Lipinski definition) is 4. The Balaban J connectivity index is 2.36. The van der Waals surface area contributed by atoms with E-state index in [1.54, 1.807) is 0 Å². The first-order chi connectivity index (χ1) is 9.45. The Kier molecular flexibility index (Phi) is 4.54. The van der Waals surface area contributed by atoms with E-state index in [2.05, 4.69) is 0 Å². The van der Waals surface area contributed by atoms with Gasteiger partial charge in [0.25, 0.3) is 0 Å². The van der Waals surface area contributed by atoms with E-state index in [4.69, 9.17) is 0 Å². The van der Waals surface area contributed by atoms with Crippen molar-refractivity contribution >= 4 is 21.4 Å². The van der Waals surface area contributed by atoms with Crippen molar-refractivity contribution in [2.24, 2.45) is 0 Å². The molecule has 4 nitrogen and oxygen atoms in total. The molecule has 0 unspecified atom stereocenters. The number of hydrogen-bond donors (Lipinski definition) is 1. The average Bonchev–Trinajstić information content (AvgIpc) is 2.91. The summed E-state index contributed by atoms with van der Waals surface area (Å²) >= 11 is 1.45. The standard InChI is InChI=1S/C13H14FNO3S2/c1-15(8-12-3-2-6-19-12)20(17,18)13-7-11(14)5-4-10(13)9-16/h2-7,16H,8-9H2,1H3. The third kappa shape index (κ3) is 3.06.